The number of para-hydroxylation sites is 1. The fraction of sp³-hybridized carbons (Fsp3) is 0.425. The molecule has 0 unspecified atom stereocenters. The summed E-state index contributed by atoms with van der Waals surface area (Å²) in [4.78, 5) is 83.3. The van der Waals surface area contributed by atoms with E-state index in [9.17, 15) is 65.5 Å². The molecule has 0 aliphatic heterocycles. The first-order valence-electron chi connectivity index (χ1n) is 32.9. The zero-order valence-electron chi connectivity index (χ0n) is 64.0. The Bertz CT molecular complexity index is 3950. The van der Waals surface area contributed by atoms with E-state index in [0.717, 1.165) is 45.3 Å². The van der Waals surface area contributed by atoms with Crippen LogP contribution in [-0.2, 0) is 43.3 Å². The van der Waals surface area contributed by atoms with Gasteiger partial charge in [0, 0.05) is 82.5 Å². The Morgan fingerprint density at radius 1 is 0.320 bits per heavy atom. The summed E-state index contributed by atoms with van der Waals surface area (Å²) < 4.78 is 0. The molecule has 1 N–H and O–H groups in total. The van der Waals surface area contributed by atoms with E-state index < -0.39 is 31.1 Å². The number of rotatable bonds is 7. The van der Waals surface area contributed by atoms with Gasteiger partial charge in [0.25, 0.3) is 28.4 Å². The predicted molar refractivity (Wildman–Crippen MR) is 413 cm³/mol. The van der Waals surface area contributed by atoms with E-state index >= 15 is 0 Å². The summed E-state index contributed by atoms with van der Waals surface area (Å²) in [5, 5.41) is 72.2. The van der Waals surface area contributed by atoms with E-state index in [1.165, 1.54) is 48.3 Å². The number of benzene rings is 5. The van der Waals surface area contributed by atoms with Crippen LogP contribution in [0, 0.1) is 67.6 Å². The number of hydrogen-bond acceptors (Lipinski definition) is 16. The number of carboxylic acids is 1. The predicted octanol–water partition coefficient (Wildman–Crippen LogP) is 22.1. The van der Waals surface area contributed by atoms with Crippen LogP contribution in [0.4, 0.5) is 34.3 Å². The average Bonchev–Trinajstić information content (AvgIpc) is 0.816. The molecule has 0 bridgehead atoms. The quantitative estimate of drug-likeness (QED) is 0.114. The SMILES string of the molecule is C.CC(C)(C)c1cc([N+](=O)[O-])ccn1.CC(C)(C)c1ccc([N+](=O)[O-])cc1.CC(C)(C)c1ccc([N+](=O)[O-])cc1[N+](=O)[O-].CC(C)(C)c1ccccc1.CC(C)(C)c1ccccc1[N+](=O)[O-].CC(C)(C)c1ccccn1.CC(C)(C)c1ccnc([N+](=O)[O-])c1.Cc1ccc(C(C)(C)C)cc1C(=O)O. The van der Waals surface area contributed by atoms with Crippen LogP contribution in [0.3, 0.4) is 0 Å². The van der Waals surface area contributed by atoms with Crippen molar-refractivity contribution in [3.05, 3.63) is 293 Å². The highest BCUT2D eigenvalue weighted by molar-refractivity contribution is 5.89. The highest BCUT2D eigenvalue weighted by Crippen LogP contribution is 2.35. The number of nitrogens with zero attached hydrogens (tertiary/aromatic N) is 9. The Hall–Kier alpha value is -10.6. The Balaban J connectivity index is 0.00000116. The molecule has 5 aromatic carbocycles. The molecular weight excluding hydrogens is 1310 g/mol. The zero-order valence-corrected chi connectivity index (χ0v) is 64.0. The lowest BCUT2D eigenvalue weighted by molar-refractivity contribution is -0.394. The van der Waals surface area contributed by atoms with Gasteiger partial charge >= 0.3 is 11.8 Å². The molecule has 0 saturated carbocycles. The molecular formula is C80H109N9O14. The van der Waals surface area contributed by atoms with Crippen LogP contribution in [0.25, 0.3) is 0 Å². The molecule has 0 radical (unpaired) electrons. The molecule has 0 fully saturated rings. The largest absolute Gasteiger partial charge is 0.478 e. The van der Waals surface area contributed by atoms with Crippen molar-refractivity contribution >= 4 is 40.2 Å². The second kappa shape index (κ2) is 39.0. The molecule has 8 rings (SSSR count). The molecule has 0 amide bonds. The average molecular weight is 1420 g/mol. The number of aryl methyl sites for hydroxylation is 1. The maximum atomic E-state index is 10.9. The van der Waals surface area contributed by atoms with E-state index in [0.29, 0.717) is 16.5 Å². The number of nitro groups is 6. The molecule has 0 aliphatic rings. The fourth-order valence-corrected chi connectivity index (χ4v) is 8.76. The van der Waals surface area contributed by atoms with E-state index in [4.69, 9.17) is 5.11 Å². The minimum atomic E-state index is -0.853. The summed E-state index contributed by atoms with van der Waals surface area (Å²) in [6, 6.07) is 45.7. The van der Waals surface area contributed by atoms with Gasteiger partial charge in [0.15, 0.2) is 0 Å². The van der Waals surface area contributed by atoms with Gasteiger partial charge in [-0.3, -0.25) is 60.5 Å². The van der Waals surface area contributed by atoms with Gasteiger partial charge in [-0.1, -0.05) is 252 Å². The molecule has 3 aromatic heterocycles. The number of hydrogen-bond donors (Lipinski definition) is 1. The van der Waals surface area contributed by atoms with E-state index in [-0.39, 0.29) is 84.0 Å². The van der Waals surface area contributed by atoms with Gasteiger partial charge in [-0.15, -0.1) is 0 Å². The highest BCUT2D eigenvalue weighted by Gasteiger charge is 2.28. The van der Waals surface area contributed by atoms with Crippen LogP contribution in [-0.4, -0.2) is 55.6 Å². The van der Waals surface area contributed by atoms with Crippen LogP contribution in [0.15, 0.2) is 176 Å². The fourth-order valence-electron chi connectivity index (χ4n) is 8.76. The van der Waals surface area contributed by atoms with Gasteiger partial charge < -0.3 is 15.2 Å². The third-order valence-electron chi connectivity index (χ3n) is 15.0. The van der Waals surface area contributed by atoms with Crippen molar-refractivity contribution in [1.82, 2.24) is 15.0 Å². The molecule has 0 atom stereocenters. The Morgan fingerprint density at radius 2 is 0.709 bits per heavy atom. The van der Waals surface area contributed by atoms with Gasteiger partial charge in [-0.2, -0.15) is 0 Å². The third-order valence-corrected chi connectivity index (χ3v) is 15.0. The summed E-state index contributed by atoms with van der Waals surface area (Å²) in [5.74, 6) is -0.943. The Kier molecular flexibility index (Phi) is 35.0. The molecule has 23 heteroatoms. The van der Waals surface area contributed by atoms with Gasteiger partial charge in [-0.05, 0) is 107 Å². The molecule has 103 heavy (non-hydrogen) atoms. The van der Waals surface area contributed by atoms with Crippen molar-refractivity contribution in [3.8, 4) is 0 Å². The Labute approximate surface area is 608 Å². The monoisotopic (exact) mass is 1420 g/mol. The van der Waals surface area contributed by atoms with E-state index in [1.54, 1.807) is 54.6 Å². The Morgan fingerprint density at radius 3 is 1.09 bits per heavy atom. The molecule has 0 spiro atoms. The number of pyridine rings is 3. The van der Waals surface area contributed by atoms with E-state index in [1.807, 2.05) is 127 Å². The third kappa shape index (κ3) is 33.2. The van der Waals surface area contributed by atoms with E-state index in [2.05, 4.69) is 134 Å². The van der Waals surface area contributed by atoms with Crippen molar-refractivity contribution in [2.75, 3.05) is 0 Å². The summed E-state index contributed by atoms with van der Waals surface area (Å²) in [6.07, 6.45) is 4.78. The molecule has 23 nitrogen and oxygen atoms in total. The molecule has 3 heterocycles. The first-order valence-corrected chi connectivity index (χ1v) is 32.9. The lowest BCUT2D eigenvalue weighted by atomic mass is 9.85. The maximum Gasteiger partial charge on any atom is 0.363 e. The first-order chi connectivity index (χ1) is 46.4. The second-order valence-corrected chi connectivity index (χ2v) is 32.0. The van der Waals surface area contributed by atoms with Gasteiger partial charge in [0.1, 0.15) is 6.20 Å². The number of aromatic nitrogens is 3. The van der Waals surface area contributed by atoms with Crippen molar-refractivity contribution in [2.24, 2.45) is 0 Å². The summed E-state index contributed by atoms with van der Waals surface area (Å²) in [5.41, 5.74) is 8.53. The number of nitro benzene ring substituents is 4. The van der Waals surface area contributed by atoms with Crippen LogP contribution < -0.4 is 0 Å². The zero-order chi connectivity index (χ0) is 78.9. The van der Waals surface area contributed by atoms with Gasteiger partial charge in [-0.25, -0.2) is 4.79 Å². The smallest absolute Gasteiger partial charge is 0.363 e. The number of aromatic carboxylic acids is 1. The molecule has 0 saturated heterocycles. The van der Waals surface area contributed by atoms with Gasteiger partial charge in [0.05, 0.1) is 41.9 Å². The lowest BCUT2D eigenvalue weighted by Gasteiger charge is -2.19. The van der Waals surface area contributed by atoms with Crippen molar-refractivity contribution < 1.29 is 39.4 Å². The van der Waals surface area contributed by atoms with Crippen molar-refractivity contribution in [3.63, 3.8) is 0 Å². The van der Waals surface area contributed by atoms with Crippen molar-refractivity contribution in [2.45, 2.75) is 224 Å². The highest BCUT2D eigenvalue weighted by atomic mass is 16.6. The minimum absolute atomic E-state index is 0. The van der Waals surface area contributed by atoms with Crippen LogP contribution >= 0.6 is 0 Å². The molecule has 0 aliphatic carbocycles. The number of carboxylic acid groups (broad SMARTS) is 1. The lowest BCUT2D eigenvalue weighted by Crippen LogP contribution is -2.13. The minimum Gasteiger partial charge on any atom is -0.478 e. The topological polar surface area (TPSA) is 335 Å². The number of non-ortho nitro benzene ring substituents is 2. The summed E-state index contributed by atoms with van der Waals surface area (Å²) in [6.45, 7) is 50.7. The van der Waals surface area contributed by atoms with Crippen LogP contribution in [0.2, 0.25) is 0 Å². The molecule has 8 aromatic rings. The number of carbonyl (C=O) groups is 1. The first kappa shape index (κ1) is 92.4. The van der Waals surface area contributed by atoms with Crippen LogP contribution in [0.1, 0.15) is 234 Å². The second-order valence-electron chi connectivity index (χ2n) is 32.0. The van der Waals surface area contributed by atoms with Crippen LogP contribution in [0.5, 0.6) is 0 Å². The van der Waals surface area contributed by atoms with Crippen molar-refractivity contribution in [1.29, 1.82) is 0 Å². The van der Waals surface area contributed by atoms with Gasteiger partial charge in [0.2, 0.25) is 0 Å². The summed E-state index contributed by atoms with van der Waals surface area (Å²) in [7, 11) is 0. The maximum absolute atomic E-state index is 10.9. The normalized spacial score (nSPS) is 11.2. The molecule has 558 valence electrons. The summed E-state index contributed by atoms with van der Waals surface area (Å²) >= 11 is 0. The standard InChI is InChI=1S/C12H16O2.C10H12N2O4.2C10H13NO2.C10H14.2C9H12N2O2.C9H13N.CH4/c1-8-5-6-9(12(2,3)4)7-10(8)11(13)14;1-10(2,3)8-5-4-7(11(13)14)6-9(8)12(15)16;1-10(2,3)8-4-6-9(7-5-8)11(12)13;1-10(2,3)8-6-4-5-7-9(8)11(12)13;1-10(2,3)9-7-5-4-6-8-9;1-9(2,3)8-6-7(11(12)13)4-5-10-8;1-9(2,3)7-4-5-10-8(6-7)11(12)13;1-9(2,3)8-6-4-5-7-10-8;/h5-7H,1-4H3,(H,13,14);4-6H,1-3H3;2*4-7H,1-3H3;4-8H,1-3H3;2*4-6H,1-3H3;4-7H,1-3H3;1H4.